The zero-order chi connectivity index (χ0) is 18.0. The summed E-state index contributed by atoms with van der Waals surface area (Å²) in [5.41, 5.74) is 1.32. The van der Waals surface area contributed by atoms with Gasteiger partial charge in [0.2, 0.25) is 5.91 Å². The molecule has 0 atom stereocenters. The number of hydrogen-bond donors (Lipinski definition) is 1. The maximum atomic E-state index is 13.9. The van der Waals surface area contributed by atoms with Gasteiger partial charge in [-0.1, -0.05) is 35.0 Å². The quantitative estimate of drug-likeness (QED) is 0.702. The molecule has 0 bridgehead atoms. The lowest BCUT2D eigenvalue weighted by molar-refractivity contribution is -0.116. The number of amides is 1. The van der Waals surface area contributed by atoms with Crippen molar-refractivity contribution in [2.75, 3.05) is 5.32 Å². The normalized spacial score (nSPS) is 11.0. The maximum absolute atomic E-state index is 13.9. The molecule has 0 saturated heterocycles. The van der Waals surface area contributed by atoms with Gasteiger partial charge in [0.1, 0.15) is 12.4 Å². The number of carbonyl (C=O) groups excluding carboxylic acids is 1. The number of halogens is 2. The van der Waals surface area contributed by atoms with Crippen LogP contribution in [0.4, 0.5) is 10.1 Å². The number of benzene rings is 2. The van der Waals surface area contributed by atoms with Crippen LogP contribution in [0, 0.1) is 5.82 Å². The smallest absolute Gasteiger partial charge is 0.322 e. The van der Waals surface area contributed by atoms with E-state index < -0.39 is 11.7 Å². The number of para-hydroxylation sites is 2. The molecule has 5 nitrogen and oxygen atoms in total. The molecule has 25 heavy (non-hydrogen) atoms. The summed E-state index contributed by atoms with van der Waals surface area (Å²) in [5, 5.41) is 2.52. The third-order valence-electron chi connectivity index (χ3n) is 3.88. The molecule has 0 aliphatic rings. The highest BCUT2D eigenvalue weighted by Crippen LogP contribution is 2.19. The van der Waals surface area contributed by atoms with Gasteiger partial charge in [-0.05, 0) is 36.8 Å². The standard InChI is InChI=1S/C18H17BrFN3O2/c1-2-9-22-15-5-3-4-6-16(15)23(18(22)25)11-17(24)21-14-8-7-12(19)10-13(14)20/h3-8,10H,2,9,11H2,1H3,(H,21,24). The van der Waals surface area contributed by atoms with Gasteiger partial charge in [0.15, 0.2) is 0 Å². The molecule has 0 aliphatic carbocycles. The number of aromatic nitrogens is 2. The molecule has 0 radical (unpaired) electrons. The number of fused-ring (bicyclic) bond motifs is 1. The summed E-state index contributed by atoms with van der Waals surface area (Å²) in [6, 6.07) is 11.7. The zero-order valence-corrected chi connectivity index (χ0v) is 15.2. The first kappa shape index (κ1) is 17.4. The van der Waals surface area contributed by atoms with E-state index >= 15 is 0 Å². The largest absolute Gasteiger partial charge is 0.329 e. The van der Waals surface area contributed by atoms with Crippen molar-refractivity contribution in [1.29, 1.82) is 0 Å². The molecule has 0 fully saturated rings. The summed E-state index contributed by atoms with van der Waals surface area (Å²) in [5.74, 6) is -0.994. The molecule has 3 aromatic rings. The van der Waals surface area contributed by atoms with Crippen LogP contribution < -0.4 is 11.0 Å². The van der Waals surface area contributed by atoms with E-state index in [0.717, 1.165) is 11.9 Å². The van der Waals surface area contributed by atoms with Crippen LogP contribution in [-0.2, 0) is 17.9 Å². The van der Waals surface area contributed by atoms with Gasteiger partial charge in [0.25, 0.3) is 0 Å². The first-order chi connectivity index (χ1) is 12.0. The van der Waals surface area contributed by atoms with E-state index in [0.29, 0.717) is 16.5 Å². The van der Waals surface area contributed by atoms with Gasteiger partial charge in [-0.2, -0.15) is 0 Å². The van der Waals surface area contributed by atoms with Gasteiger partial charge in [-0.15, -0.1) is 0 Å². The van der Waals surface area contributed by atoms with Crippen molar-refractivity contribution < 1.29 is 9.18 Å². The van der Waals surface area contributed by atoms with Crippen LogP contribution in [0.3, 0.4) is 0 Å². The summed E-state index contributed by atoms with van der Waals surface area (Å²) < 4.78 is 17.5. The SMILES string of the molecule is CCCn1c(=O)n(CC(=O)Nc2ccc(Br)cc2F)c2ccccc21. The molecule has 0 unspecified atom stereocenters. The Morgan fingerprint density at radius 1 is 1.16 bits per heavy atom. The predicted octanol–water partition coefficient (Wildman–Crippen LogP) is 3.75. The van der Waals surface area contributed by atoms with Crippen molar-refractivity contribution in [2.24, 2.45) is 0 Å². The molecule has 1 amide bonds. The topological polar surface area (TPSA) is 56.0 Å². The summed E-state index contributed by atoms with van der Waals surface area (Å²) in [6.07, 6.45) is 0.810. The van der Waals surface area contributed by atoms with Crippen LogP contribution in [0.5, 0.6) is 0 Å². The minimum atomic E-state index is -0.538. The van der Waals surface area contributed by atoms with Crippen molar-refractivity contribution in [1.82, 2.24) is 9.13 Å². The Labute approximate surface area is 152 Å². The molecule has 1 aromatic heterocycles. The number of nitrogens with one attached hydrogen (secondary N) is 1. The summed E-state index contributed by atoms with van der Waals surface area (Å²) in [6.45, 7) is 2.39. The third-order valence-corrected chi connectivity index (χ3v) is 4.37. The van der Waals surface area contributed by atoms with Crippen molar-refractivity contribution in [2.45, 2.75) is 26.4 Å². The van der Waals surface area contributed by atoms with Gasteiger partial charge in [0.05, 0.1) is 16.7 Å². The Morgan fingerprint density at radius 3 is 2.48 bits per heavy atom. The number of carbonyl (C=O) groups is 1. The highest BCUT2D eigenvalue weighted by Gasteiger charge is 2.15. The second-order valence-electron chi connectivity index (χ2n) is 5.68. The first-order valence-corrected chi connectivity index (χ1v) is 8.73. The maximum Gasteiger partial charge on any atom is 0.329 e. The van der Waals surface area contributed by atoms with E-state index in [-0.39, 0.29) is 17.9 Å². The third kappa shape index (κ3) is 3.51. The van der Waals surface area contributed by atoms with E-state index in [1.54, 1.807) is 16.7 Å². The average Bonchev–Trinajstić information content (AvgIpc) is 2.84. The van der Waals surface area contributed by atoms with Crippen LogP contribution in [0.15, 0.2) is 51.7 Å². The van der Waals surface area contributed by atoms with E-state index in [4.69, 9.17) is 0 Å². The minimum Gasteiger partial charge on any atom is -0.322 e. The molecule has 1 N–H and O–H groups in total. The summed E-state index contributed by atoms with van der Waals surface area (Å²) >= 11 is 3.17. The van der Waals surface area contributed by atoms with Crippen molar-refractivity contribution >= 4 is 38.6 Å². The van der Waals surface area contributed by atoms with Gasteiger partial charge < -0.3 is 5.32 Å². The molecule has 7 heteroatoms. The monoisotopic (exact) mass is 405 g/mol. The fourth-order valence-electron chi connectivity index (χ4n) is 2.79. The Hall–Kier alpha value is -2.41. The van der Waals surface area contributed by atoms with Crippen molar-refractivity contribution in [3.63, 3.8) is 0 Å². The van der Waals surface area contributed by atoms with Gasteiger partial charge >= 0.3 is 5.69 Å². The summed E-state index contributed by atoms with van der Waals surface area (Å²) in [4.78, 5) is 25.0. The van der Waals surface area contributed by atoms with Crippen LogP contribution >= 0.6 is 15.9 Å². The molecule has 0 spiro atoms. The number of nitrogens with zero attached hydrogens (tertiary/aromatic N) is 2. The molecular weight excluding hydrogens is 389 g/mol. The minimum absolute atomic E-state index is 0.0820. The van der Waals surface area contributed by atoms with Gasteiger partial charge in [-0.3, -0.25) is 13.9 Å². The molecule has 0 saturated carbocycles. The Morgan fingerprint density at radius 2 is 1.84 bits per heavy atom. The lowest BCUT2D eigenvalue weighted by Gasteiger charge is -2.07. The van der Waals surface area contributed by atoms with Crippen LogP contribution in [-0.4, -0.2) is 15.0 Å². The van der Waals surface area contributed by atoms with E-state index in [1.807, 2.05) is 25.1 Å². The highest BCUT2D eigenvalue weighted by molar-refractivity contribution is 9.10. The molecular formula is C18H17BrFN3O2. The zero-order valence-electron chi connectivity index (χ0n) is 13.6. The van der Waals surface area contributed by atoms with Crippen LogP contribution in [0.2, 0.25) is 0 Å². The van der Waals surface area contributed by atoms with Gasteiger partial charge in [-0.25, -0.2) is 9.18 Å². The van der Waals surface area contributed by atoms with Crippen LogP contribution in [0.25, 0.3) is 11.0 Å². The number of rotatable bonds is 5. The fraction of sp³-hybridized carbons (Fsp3) is 0.222. The lowest BCUT2D eigenvalue weighted by atomic mass is 10.3. The Kier molecular flexibility index (Phi) is 5.03. The van der Waals surface area contributed by atoms with Crippen molar-refractivity contribution in [3.05, 3.63) is 63.2 Å². The number of imidazole rings is 1. The number of hydrogen-bond acceptors (Lipinski definition) is 2. The first-order valence-electron chi connectivity index (χ1n) is 7.94. The fourth-order valence-corrected chi connectivity index (χ4v) is 3.12. The molecule has 130 valence electrons. The average molecular weight is 406 g/mol. The second kappa shape index (κ2) is 7.23. The van der Waals surface area contributed by atoms with E-state index in [9.17, 15) is 14.0 Å². The van der Waals surface area contributed by atoms with Gasteiger partial charge in [0, 0.05) is 11.0 Å². The molecule has 1 heterocycles. The van der Waals surface area contributed by atoms with Crippen molar-refractivity contribution in [3.8, 4) is 0 Å². The van der Waals surface area contributed by atoms with Crippen LogP contribution in [0.1, 0.15) is 13.3 Å². The Bertz CT molecular complexity index is 994. The molecule has 3 rings (SSSR count). The van der Waals surface area contributed by atoms with E-state index in [1.165, 1.54) is 16.7 Å². The molecule has 0 aliphatic heterocycles. The predicted molar refractivity (Wildman–Crippen MR) is 99.2 cm³/mol. The molecule has 2 aromatic carbocycles. The Balaban J connectivity index is 1.91. The number of anilines is 1. The lowest BCUT2D eigenvalue weighted by Crippen LogP contribution is -2.29. The summed E-state index contributed by atoms with van der Waals surface area (Å²) in [7, 11) is 0. The second-order valence-corrected chi connectivity index (χ2v) is 6.60. The highest BCUT2D eigenvalue weighted by atomic mass is 79.9. The number of aryl methyl sites for hydroxylation is 1. The van der Waals surface area contributed by atoms with E-state index in [2.05, 4.69) is 21.2 Å².